The Balaban J connectivity index is 2.44. The predicted octanol–water partition coefficient (Wildman–Crippen LogP) is 1.57. The van der Waals surface area contributed by atoms with Gasteiger partial charge in [-0.15, -0.1) is 0 Å². The first-order valence-electron chi connectivity index (χ1n) is 12.6. The number of ether oxygens (including phenoxy) is 2. The van der Waals surface area contributed by atoms with Gasteiger partial charge in [0.2, 0.25) is 17.7 Å². The third-order valence-electron chi connectivity index (χ3n) is 5.61. The number of carbonyl (C=O) groups excluding carboxylic acids is 5. The molecule has 0 saturated heterocycles. The molecule has 12 nitrogen and oxygen atoms in total. The first-order valence-corrected chi connectivity index (χ1v) is 12.6. The van der Waals surface area contributed by atoms with Crippen molar-refractivity contribution in [1.29, 1.82) is 0 Å². The van der Waals surface area contributed by atoms with Crippen LogP contribution in [0.1, 0.15) is 70.5 Å². The van der Waals surface area contributed by atoms with E-state index in [1.165, 1.54) is 11.0 Å². The molecule has 1 aromatic rings. The maximum atomic E-state index is 13.9. The Morgan fingerprint density at radius 3 is 2.39 bits per heavy atom. The lowest BCUT2D eigenvalue weighted by molar-refractivity contribution is -0.145. The van der Waals surface area contributed by atoms with Gasteiger partial charge in [-0.25, -0.2) is 4.79 Å². The quantitative estimate of drug-likeness (QED) is 0.292. The van der Waals surface area contributed by atoms with Gasteiger partial charge in [0.15, 0.2) is 0 Å². The highest BCUT2D eigenvalue weighted by atomic mass is 16.6. The molecule has 2 atom stereocenters. The molecule has 0 aromatic heterocycles. The molecule has 38 heavy (non-hydrogen) atoms. The normalized spacial score (nSPS) is 14.6. The summed E-state index contributed by atoms with van der Waals surface area (Å²) in [5.74, 6) is -2.90. The number of carbonyl (C=O) groups is 5. The van der Waals surface area contributed by atoms with E-state index in [1.54, 1.807) is 46.8 Å². The van der Waals surface area contributed by atoms with Gasteiger partial charge in [-0.05, 0) is 53.0 Å². The van der Waals surface area contributed by atoms with Gasteiger partial charge < -0.3 is 35.8 Å². The Labute approximate surface area is 222 Å². The minimum atomic E-state index is -1.41. The summed E-state index contributed by atoms with van der Waals surface area (Å²) in [6.07, 6.45) is -0.408. The van der Waals surface area contributed by atoms with E-state index in [2.05, 4.69) is 10.6 Å². The molecule has 0 heterocycles. The van der Waals surface area contributed by atoms with Gasteiger partial charge in [0, 0.05) is 18.2 Å². The van der Waals surface area contributed by atoms with Crippen LogP contribution in [0.15, 0.2) is 18.2 Å². The summed E-state index contributed by atoms with van der Waals surface area (Å²) in [7, 11) is 0. The molecule has 0 spiro atoms. The van der Waals surface area contributed by atoms with Gasteiger partial charge in [0.1, 0.15) is 23.4 Å². The highest BCUT2D eigenvalue weighted by molar-refractivity contribution is 5.95. The molecule has 2 unspecified atom stereocenters. The highest BCUT2D eigenvalue weighted by Gasteiger charge is 2.45. The van der Waals surface area contributed by atoms with Crippen LogP contribution in [0.5, 0.6) is 5.75 Å². The van der Waals surface area contributed by atoms with E-state index in [4.69, 9.17) is 15.2 Å². The Hall–Kier alpha value is -3.83. The van der Waals surface area contributed by atoms with Crippen molar-refractivity contribution in [2.75, 3.05) is 13.2 Å². The average molecular weight is 535 g/mol. The fourth-order valence-electron chi connectivity index (χ4n) is 3.84. The molecule has 1 aromatic carbocycles. The molecule has 0 radical (unpaired) electrons. The molecule has 1 aliphatic carbocycles. The minimum absolute atomic E-state index is 0.0612. The number of phenols is 1. The van der Waals surface area contributed by atoms with Crippen LogP contribution in [-0.4, -0.2) is 70.6 Å². The first kappa shape index (κ1) is 30.4. The Bertz CT molecular complexity index is 1050. The molecule has 4 amide bonds. The van der Waals surface area contributed by atoms with Gasteiger partial charge in [0.25, 0.3) is 0 Å². The lowest BCUT2D eigenvalue weighted by Gasteiger charge is -2.34. The maximum absolute atomic E-state index is 13.9. The van der Waals surface area contributed by atoms with Gasteiger partial charge >= 0.3 is 12.1 Å². The summed E-state index contributed by atoms with van der Waals surface area (Å²) in [5.41, 5.74) is 5.15. The molecule has 5 N–H and O–H groups in total. The van der Waals surface area contributed by atoms with E-state index in [-0.39, 0.29) is 36.9 Å². The number of hydrogen-bond donors (Lipinski definition) is 4. The van der Waals surface area contributed by atoms with Gasteiger partial charge in [-0.3, -0.25) is 19.2 Å². The van der Waals surface area contributed by atoms with E-state index >= 15 is 0 Å². The topological polar surface area (TPSA) is 177 Å². The van der Waals surface area contributed by atoms with Crippen molar-refractivity contribution in [2.24, 2.45) is 5.73 Å². The lowest BCUT2D eigenvalue weighted by atomic mass is 9.98. The molecule has 1 saturated carbocycles. The van der Waals surface area contributed by atoms with Crippen molar-refractivity contribution in [2.45, 2.75) is 84.0 Å². The molecular weight excluding hydrogens is 496 g/mol. The number of nitrogens with zero attached hydrogens (tertiary/aromatic N) is 1. The zero-order chi connectivity index (χ0) is 28.6. The molecule has 0 bridgehead atoms. The van der Waals surface area contributed by atoms with Crippen molar-refractivity contribution in [3.05, 3.63) is 29.3 Å². The largest absolute Gasteiger partial charge is 0.507 e. The third kappa shape index (κ3) is 8.93. The van der Waals surface area contributed by atoms with Crippen LogP contribution in [0.2, 0.25) is 0 Å². The van der Waals surface area contributed by atoms with E-state index in [0.29, 0.717) is 18.4 Å². The van der Waals surface area contributed by atoms with Crippen LogP contribution in [-0.2, 0) is 28.7 Å². The third-order valence-corrected chi connectivity index (χ3v) is 5.61. The fraction of sp³-hybridized carbons (Fsp3) is 0.577. The summed E-state index contributed by atoms with van der Waals surface area (Å²) >= 11 is 0. The number of amides is 4. The molecule has 1 fully saturated rings. The number of para-hydroxylation sites is 1. The second-order valence-electron chi connectivity index (χ2n) is 10.1. The first-order chi connectivity index (χ1) is 17.7. The van der Waals surface area contributed by atoms with E-state index in [1.807, 2.05) is 0 Å². The average Bonchev–Trinajstić information content (AvgIpc) is 3.62. The SMILES string of the molecule is CCOC(=O)CCNC(=O)C(c1cccc(C)c1O)N(C(=O)C(CC(N)=O)NC(=O)OC(C)(C)C)C1CC1. The predicted molar refractivity (Wildman–Crippen MR) is 137 cm³/mol. The summed E-state index contributed by atoms with van der Waals surface area (Å²) < 4.78 is 10.1. The van der Waals surface area contributed by atoms with Crippen molar-refractivity contribution >= 4 is 29.8 Å². The van der Waals surface area contributed by atoms with Crippen LogP contribution < -0.4 is 16.4 Å². The Morgan fingerprint density at radius 1 is 1.18 bits per heavy atom. The number of alkyl carbamates (subject to hydrolysis) is 1. The molecule has 210 valence electrons. The number of hydrogen-bond acceptors (Lipinski definition) is 8. The Morgan fingerprint density at radius 2 is 1.84 bits per heavy atom. The fourth-order valence-corrected chi connectivity index (χ4v) is 3.84. The summed E-state index contributed by atoms with van der Waals surface area (Å²) in [4.78, 5) is 64.7. The molecule has 1 aliphatic rings. The van der Waals surface area contributed by atoms with Crippen LogP contribution in [0.25, 0.3) is 0 Å². The van der Waals surface area contributed by atoms with E-state index in [0.717, 1.165) is 0 Å². The molecule has 12 heteroatoms. The van der Waals surface area contributed by atoms with Crippen molar-refractivity contribution < 1.29 is 38.6 Å². The van der Waals surface area contributed by atoms with Crippen LogP contribution in [0.3, 0.4) is 0 Å². The maximum Gasteiger partial charge on any atom is 0.408 e. The minimum Gasteiger partial charge on any atom is -0.507 e. The summed E-state index contributed by atoms with van der Waals surface area (Å²) in [6.45, 7) is 8.38. The van der Waals surface area contributed by atoms with E-state index < -0.39 is 53.9 Å². The second kappa shape index (κ2) is 13.1. The smallest absolute Gasteiger partial charge is 0.408 e. The second-order valence-corrected chi connectivity index (χ2v) is 10.1. The number of nitrogens with one attached hydrogen (secondary N) is 2. The van der Waals surface area contributed by atoms with Crippen molar-refractivity contribution in [3.63, 3.8) is 0 Å². The van der Waals surface area contributed by atoms with Gasteiger partial charge in [-0.1, -0.05) is 18.2 Å². The number of aromatic hydroxyl groups is 1. The molecule has 2 rings (SSSR count). The summed E-state index contributed by atoms with van der Waals surface area (Å²) in [6, 6.07) is 1.69. The highest BCUT2D eigenvalue weighted by Crippen LogP contribution is 2.39. The standard InChI is InChI=1S/C26H38N4O8/c1-6-37-20(32)12-13-28-23(34)21(17-9-7-8-15(2)22(17)33)30(16-10-11-16)24(35)18(14-19(27)31)29-25(36)38-26(3,4)5/h7-9,16,18,21,33H,6,10-14H2,1-5H3,(H2,27,31)(H,28,34)(H,29,36). The number of aryl methyl sites for hydroxylation is 1. The lowest BCUT2D eigenvalue weighted by Crippen LogP contribution is -2.54. The monoisotopic (exact) mass is 534 g/mol. The number of phenolic OH excluding ortho intramolecular Hbond substituents is 1. The molecule has 0 aliphatic heterocycles. The zero-order valence-electron chi connectivity index (χ0n) is 22.5. The zero-order valence-corrected chi connectivity index (χ0v) is 22.5. The number of nitrogens with two attached hydrogens (primary N) is 1. The van der Waals surface area contributed by atoms with Gasteiger partial charge in [0.05, 0.1) is 19.4 Å². The number of benzene rings is 1. The van der Waals surface area contributed by atoms with Crippen LogP contribution in [0, 0.1) is 6.92 Å². The van der Waals surface area contributed by atoms with Crippen molar-refractivity contribution in [3.8, 4) is 5.75 Å². The van der Waals surface area contributed by atoms with Crippen LogP contribution >= 0.6 is 0 Å². The summed E-state index contributed by atoms with van der Waals surface area (Å²) in [5, 5.41) is 15.9. The van der Waals surface area contributed by atoms with Gasteiger partial charge in [-0.2, -0.15) is 0 Å². The number of primary amides is 1. The Kier molecular flexibility index (Phi) is 10.5. The number of esters is 1. The van der Waals surface area contributed by atoms with E-state index in [9.17, 15) is 29.1 Å². The van der Waals surface area contributed by atoms with Crippen LogP contribution in [0.4, 0.5) is 4.79 Å². The molecular formula is C26H38N4O8. The van der Waals surface area contributed by atoms with Crippen molar-refractivity contribution in [1.82, 2.24) is 15.5 Å². The number of rotatable bonds is 12.